The second-order valence-corrected chi connectivity index (χ2v) is 8.86. The average Bonchev–Trinajstić information content (AvgIpc) is 3.29. The highest BCUT2D eigenvalue weighted by Gasteiger charge is 2.28. The number of ether oxygens (including phenoxy) is 1. The van der Waals surface area contributed by atoms with E-state index in [2.05, 4.69) is 0 Å². The number of amides is 1. The van der Waals surface area contributed by atoms with Gasteiger partial charge in [0.2, 0.25) is 10.0 Å². The SMILES string of the molecule is C[C@H](OC(=O)c1cccc(S(=O)(=O)N2CCCC2)c1)C(=O)N(C)c1ccccc1. The molecule has 154 valence electrons. The van der Waals surface area contributed by atoms with Crippen LogP contribution < -0.4 is 4.90 Å². The van der Waals surface area contributed by atoms with E-state index in [1.165, 1.54) is 40.4 Å². The van der Waals surface area contributed by atoms with Crippen molar-refractivity contribution in [3.8, 4) is 0 Å². The lowest BCUT2D eigenvalue weighted by atomic mass is 10.2. The molecule has 7 nitrogen and oxygen atoms in total. The Bertz CT molecular complexity index is 985. The van der Waals surface area contributed by atoms with Crippen molar-refractivity contribution in [2.24, 2.45) is 0 Å². The highest BCUT2D eigenvalue weighted by Crippen LogP contribution is 2.22. The first-order chi connectivity index (χ1) is 13.8. The van der Waals surface area contributed by atoms with Crippen LogP contribution in [-0.2, 0) is 19.6 Å². The van der Waals surface area contributed by atoms with Crippen LogP contribution in [0.5, 0.6) is 0 Å². The van der Waals surface area contributed by atoms with Gasteiger partial charge in [-0.15, -0.1) is 0 Å². The molecule has 1 saturated heterocycles. The van der Waals surface area contributed by atoms with E-state index in [-0.39, 0.29) is 16.4 Å². The van der Waals surface area contributed by atoms with E-state index in [1.807, 2.05) is 18.2 Å². The van der Waals surface area contributed by atoms with Crippen molar-refractivity contribution in [3.63, 3.8) is 0 Å². The zero-order valence-corrected chi connectivity index (χ0v) is 17.3. The quantitative estimate of drug-likeness (QED) is 0.676. The average molecular weight is 416 g/mol. The highest BCUT2D eigenvalue weighted by molar-refractivity contribution is 7.89. The van der Waals surface area contributed by atoms with Crippen molar-refractivity contribution < 1.29 is 22.7 Å². The van der Waals surface area contributed by atoms with Gasteiger partial charge in [0, 0.05) is 25.8 Å². The van der Waals surface area contributed by atoms with Crippen LogP contribution in [-0.4, -0.2) is 50.8 Å². The molecule has 1 heterocycles. The van der Waals surface area contributed by atoms with Gasteiger partial charge in [-0.3, -0.25) is 4.79 Å². The number of sulfonamides is 1. The van der Waals surface area contributed by atoms with Crippen LogP contribution in [0, 0.1) is 0 Å². The Hall–Kier alpha value is -2.71. The second-order valence-electron chi connectivity index (χ2n) is 6.92. The number of rotatable bonds is 6. The summed E-state index contributed by atoms with van der Waals surface area (Å²) in [6, 6.07) is 14.7. The van der Waals surface area contributed by atoms with Crippen molar-refractivity contribution >= 4 is 27.6 Å². The Morgan fingerprint density at radius 1 is 1.03 bits per heavy atom. The van der Waals surface area contributed by atoms with Gasteiger partial charge in [-0.25, -0.2) is 13.2 Å². The number of likely N-dealkylation sites (N-methyl/N-ethyl adjacent to an activating group) is 1. The van der Waals surface area contributed by atoms with Crippen LogP contribution in [0.4, 0.5) is 5.69 Å². The predicted molar refractivity (Wildman–Crippen MR) is 109 cm³/mol. The predicted octanol–water partition coefficient (Wildman–Crippen LogP) is 2.68. The summed E-state index contributed by atoms with van der Waals surface area (Å²) in [7, 11) is -2.04. The molecule has 0 saturated carbocycles. The lowest BCUT2D eigenvalue weighted by Gasteiger charge is -2.21. The number of benzene rings is 2. The van der Waals surface area contributed by atoms with Crippen LogP contribution in [0.2, 0.25) is 0 Å². The number of hydrogen-bond acceptors (Lipinski definition) is 5. The van der Waals surface area contributed by atoms with E-state index >= 15 is 0 Å². The molecule has 0 aromatic heterocycles. The lowest BCUT2D eigenvalue weighted by Crippen LogP contribution is -2.37. The maximum Gasteiger partial charge on any atom is 0.338 e. The molecule has 0 N–H and O–H groups in total. The van der Waals surface area contributed by atoms with E-state index in [0.29, 0.717) is 18.8 Å². The highest BCUT2D eigenvalue weighted by atomic mass is 32.2. The summed E-state index contributed by atoms with van der Waals surface area (Å²) in [6.07, 6.45) is 0.636. The fourth-order valence-electron chi connectivity index (χ4n) is 3.19. The van der Waals surface area contributed by atoms with Crippen molar-refractivity contribution in [2.75, 3.05) is 25.0 Å². The molecule has 0 spiro atoms. The Kier molecular flexibility index (Phi) is 6.34. The fourth-order valence-corrected chi connectivity index (χ4v) is 4.76. The number of para-hydroxylation sites is 1. The van der Waals surface area contributed by atoms with Gasteiger partial charge in [-0.2, -0.15) is 4.31 Å². The van der Waals surface area contributed by atoms with Gasteiger partial charge in [0.05, 0.1) is 10.5 Å². The largest absolute Gasteiger partial charge is 0.449 e. The summed E-state index contributed by atoms with van der Waals surface area (Å²) in [5.41, 5.74) is 0.770. The van der Waals surface area contributed by atoms with Crippen molar-refractivity contribution in [1.29, 1.82) is 0 Å². The maximum absolute atomic E-state index is 12.7. The minimum Gasteiger partial charge on any atom is -0.449 e. The minimum atomic E-state index is -3.64. The molecular formula is C21H24N2O5S. The Labute approximate surface area is 170 Å². The minimum absolute atomic E-state index is 0.0502. The van der Waals surface area contributed by atoms with Crippen LogP contribution in [0.15, 0.2) is 59.5 Å². The fraction of sp³-hybridized carbons (Fsp3) is 0.333. The number of hydrogen-bond donors (Lipinski definition) is 0. The first-order valence-corrected chi connectivity index (χ1v) is 10.9. The zero-order valence-electron chi connectivity index (χ0n) is 16.4. The van der Waals surface area contributed by atoms with E-state index in [0.717, 1.165) is 12.8 Å². The molecule has 0 unspecified atom stereocenters. The summed E-state index contributed by atoms with van der Waals surface area (Å²) in [5.74, 6) is -1.13. The summed E-state index contributed by atoms with van der Waals surface area (Å²) in [5, 5.41) is 0. The Morgan fingerprint density at radius 3 is 2.34 bits per heavy atom. The third-order valence-electron chi connectivity index (χ3n) is 4.88. The van der Waals surface area contributed by atoms with E-state index < -0.39 is 22.1 Å². The van der Waals surface area contributed by atoms with Gasteiger partial charge in [0.15, 0.2) is 6.10 Å². The number of carbonyl (C=O) groups excluding carboxylic acids is 2. The molecular weight excluding hydrogens is 392 g/mol. The lowest BCUT2D eigenvalue weighted by molar-refractivity contribution is -0.126. The molecule has 29 heavy (non-hydrogen) atoms. The summed E-state index contributed by atoms with van der Waals surface area (Å²) in [4.78, 5) is 26.5. The summed E-state index contributed by atoms with van der Waals surface area (Å²) < 4.78 is 32.1. The number of esters is 1. The second kappa shape index (κ2) is 8.75. The number of nitrogens with zero attached hydrogens (tertiary/aromatic N) is 2. The van der Waals surface area contributed by atoms with Gasteiger partial charge in [0.1, 0.15) is 0 Å². The molecule has 1 fully saturated rings. The van der Waals surface area contributed by atoms with Gasteiger partial charge in [-0.05, 0) is 50.1 Å². The first kappa shape index (κ1) is 21.0. The van der Waals surface area contributed by atoms with E-state index in [4.69, 9.17) is 4.74 Å². The third kappa shape index (κ3) is 4.65. The molecule has 2 aromatic carbocycles. The van der Waals surface area contributed by atoms with E-state index in [9.17, 15) is 18.0 Å². The molecule has 0 bridgehead atoms. The number of anilines is 1. The van der Waals surface area contributed by atoms with Crippen LogP contribution in [0.25, 0.3) is 0 Å². The third-order valence-corrected chi connectivity index (χ3v) is 6.77. The molecule has 1 atom stereocenters. The molecule has 1 aliphatic heterocycles. The van der Waals surface area contributed by atoms with Gasteiger partial charge in [0.25, 0.3) is 5.91 Å². The first-order valence-electron chi connectivity index (χ1n) is 9.44. The van der Waals surface area contributed by atoms with Crippen molar-refractivity contribution in [1.82, 2.24) is 4.31 Å². The molecule has 3 rings (SSSR count). The van der Waals surface area contributed by atoms with E-state index in [1.54, 1.807) is 19.2 Å². The molecule has 2 aromatic rings. The van der Waals surface area contributed by atoms with Crippen LogP contribution in [0.1, 0.15) is 30.1 Å². The molecule has 0 radical (unpaired) electrons. The summed E-state index contributed by atoms with van der Waals surface area (Å²) in [6.45, 7) is 2.45. The molecule has 0 aliphatic carbocycles. The normalized spacial score (nSPS) is 15.7. The van der Waals surface area contributed by atoms with Crippen LogP contribution in [0.3, 0.4) is 0 Å². The molecule has 1 amide bonds. The van der Waals surface area contributed by atoms with Crippen LogP contribution >= 0.6 is 0 Å². The molecule has 8 heteroatoms. The standard InChI is InChI=1S/C21H24N2O5S/c1-16(20(24)22(2)18-10-4-3-5-11-18)28-21(25)17-9-8-12-19(15-17)29(26,27)23-13-6-7-14-23/h3-5,8-12,15-16H,6-7,13-14H2,1-2H3/t16-/m0/s1. The zero-order chi connectivity index (χ0) is 21.0. The Balaban J connectivity index is 1.71. The maximum atomic E-state index is 12.7. The van der Waals surface area contributed by atoms with Gasteiger partial charge in [-0.1, -0.05) is 24.3 Å². The summed E-state index contributed by atoms with van der Waals surface area (Å²) >= 11 is 0. The smallest absolute Gasteiger partial charge is 0.338 e. The van der Waals surface area contributed by atoms with Crippen molar-refractivity contribution in [3.05, 3.63) is 60.2 Å². The van der Waals surface area contributed by atoms with Crippen molar-refractivity contribution in [2.45, 2.75) is 30.8 Å². The monoisotopic (exact) mass is 416 g/mol. The van der Waals surface area contributed by atoms with Gasteiger partial charge < -0.3 is 9.64 Å². The number of carbonyl (C=O) groups is 2. The van der Waals surface area contributed by atoms with Gasteiger partial charge >= 0.3 is 5.97 Å². The molecule has 1 aliphatic rings. The Morgan fingerprint density at radius 2 is 1.69 bits per heavy atom. The topological polar surface area (TPSA) is 84.0 Å².